The molecule has 1 saturated heterocycles. The molecule has 0 unspecified atom stereocenters. The molecule has 5 heteroatoms. The van der Waals surface area contributed by atoms with Gasteiger partial charge in [0.05, 0.1) is 6.54 Å². The fraction of sp³-hybridized carbons (Fsp3) is 0.600. The van der Waals surface area contributed by atoms with Crippen LogP contribution in [-0.4, -0.2) is 42.9 Å². The number of hydrogen-bond acceptors (Lipinski definition) is 3. The quantitative estimate of drug-likeness (QED) is 0.639. The van der Waals surface area contributed by atoms with Crippen LogP contribution in [0.1, 0.15) is 62.2 Å². The Morgan fingerprint density at radius 3 is 2.60 bits per heavy atom. The lowest BCUT2D eigenvalue weighted by atomic mass is 10.1. The zero-order valence-corrected chi connectivity index (χ0v) is 15.4. The Bertz CT molecular complexity index is 554. The van der Waals surface area contributed by atoms with Crippen LogP contribution in [0.3, 0.4) is 0 Å². The van der Waals surface area contributed by atoms with Crippen LogP contribution in [0.4, 0.5) is 5.69 Å². The average Bonchev–Trinajstić information content (AvgIpc) is 3.15. The summed E-state index contributed by atoms with van der Waals surface area (Å²) >= 11 is 0. The maximum Gasteiger partial charge on any atom is 0.253 e. The number of amides is 2. The summed E-state index contributed by atoms with van der Waals surface area (Å²) in [5, 5.41) is 6.04. The number of nitrogens with one attached hydrogen (secondary N) is 2. The first-order valence-electron chi connectivity index (χ1n) is 9.60. The Labute approximate surface area is 151 Å². The van der Waals surface area contributed by atoms with Gasteiger partial charge in [0.15, 0.2) is 0 Å². The van der Waals surface area contributed by atoms with Crippen molar-refractivity contribution in [3.63, 3.8) is 0 Å². The van der Waals surface area contributed by atoms with E-state index in [1.54, 1.807) is 6.07 Å². The maximum atomic E-state index is 12.4. The van der Waals surface area contributed by atoms with Crippen LogP contribution in [0.25, 0.3) is 0 Å². The molecule has 2 rings (SSSR count). The molecular weight excluding hydrogens is 314 g/mol. The molecule has 138 valence electrons. The van der Waals surface area contributed by atoms with Crippen LogP contribution in [0.2, 0.25) is 0 Å². The van der Waals surface area contributed by atoms with Crippen LogP contribution >= 0.6 is 0 Å². The number of rotatable bonds is 10. The van der Waals surface area contributed by atoms with Gasteiger partial charge in [-0.2, -0.15) is 0 Å². The van der Waals surface area contributed by atoms with Crippen LogP contribution in [0, 0.1) is 0 Å². The number of hydrogen-bond donors (Lipinski definition) is 2. The number of carbonyl (C=O) groups excluding carboxylic acids is 2. The molecule has 0 aliphatic carbocycles. The van der Waals surface area contributed by atoms with Crippen molar-refractivity contribution in [2.75, 3.05) is 31.5 Å². The van der Waals surface area contributed by atoms with Gasteiger partial charge >= 0.3 is 0 Å². The Morgan fingerprint density at radius 1 is 1.08 bits per heavy atom. The van der Waals surface area contributed by atoms with Gasteiger partial charge in [0.1, 0.15) is 0 Å². The first kappa shape index (κ1) is 19.4. The molecule has 0 spiro atoms. The normalized spacial score (nSPS) is 13.9. The third-order valence-electron chi connectivity index (χ3n) is 4.53. The molecule has 0 aromatic heterocycles. The molecule has 1 aromatic carbocycles. The average molecular weight is 345 g/mol. The lowest BCUT2D eigenvalue weighted by molar-refractivity contribution is -0.115. The Kier molecular flexibility index (Phi) is 8.46. The lowest BCUT2D eigenvalue weighted by Crippen LogP contribution is -2.29. The fourth-order valence-corrected chi connectivity index (χ4v) is 3.09. The molecule has 1 heterocycles. The highest BCUT2D eigenvalue weighted by Gasteiger charge is 2.19. The predicted octanol–water partition coefficient (Wildman–Crippen LogP) is 3.42. The van der Waals surface area contributed by atoms with Gasteiger partial charge in [-0.05, 0) is 44.0 Å². The van der Waals surface area contributed by atoms with Crippen molar-refractivity contribution in [2.45, 2.75) is 51.9 Å². The van der Waals surface area contributed by atoms with Crippen molar-refractivity contribution in [2.24, 2.45) is 0 Å². The third-order valence-corrected chi connectivity index (χ3v) is 4.53. The van der Waals surface area contributed by atoms with Crippen LogP contribution in [0.15, 0.2) is 24.3 Å². The third kappa shape index (κ3) is 6.86. The van der Waals surface area contributed by atoms with Crippen molar-refractivity contribution in [1.29, 1.82) is 0 Å². The van der Waals surface area contributed by atoms with Gasteiger partial charge in [0.2, 0.25) is 5.91 Å². The molecular formula is C20H31N3O2. The second kappa shape index (κ2) is 10.9. The van der Waals surface area contributed by atoms with Crippen molar-refractivity contribution in [3.05, 3.63) is 29.8 Å². The van der Waals surface area contributed by atoms with Crippen LogP contribution in [0.5, 0.6) is 0 Å². The predicted molar refractivity (Wildman–Crippen MR) is 102 cm³/mol. The van der Waals surface area contributed by atoms with Gasteiger partial charge < -0.3 is 15.5 Å². The van der Waals surface area contributed by atoms with E-state index in [-0.39, 0.29) is 11.8 Å². The summed E-state index contributed by atoms with van der Waals surface area (Å²) < 4.78 is 0. The molecule has 1 aliphatic heterocycles. The van der Waals surface area contributed by atoms with Gasteiger partial charge in [0, 0.05) is 24.3 Å². The van der Waals surface area contributed by atoms with E-state index in [2.05, 4.69) is 17.6 Å². The van der Waals surface area contributed by atoms with E-state index in [4.69, 9.17) is 0 Å². The van der Waals surface area contributed by atoms with E-state index in [0.717, 1.165) is 38.9 Å². The molecule has 0 atom stereocenters. The van der Waals surface area contributed by atoms with Gasteiger partial charge in [-0.15, -0.1) is 0 Å². The van der Waals surface area contributed by atoms with Gasteiger partial charge in [-0.1, -0.05) is 38.7 Å². The van der Waals surface area contributed by atoms with Gasteiger partial charge in [0.25, 0.3) is 5.91 Å². The van der Waals surface area contributed by atoms with E-state index in [9.17, 15) is 9.59 Å². The number of nitrogens with zero attached hydrogens (tertiary/aromatic N) is 1. The second-order valence-electron chi connectivity index (χ2n) is 6.72. The zero-order valence-electron chi connectivity index (χ0n) is 15.4. The molecule has 1 fully saturated rings. The summed E-state index contributed by atoms with van der Waals surface area (Å²) in [6.07, 6.45) is 8.26. The molecule has 1 aliphatic rings. The Hall–Kier alpha value is -1.88. The number of benzene rings is 1. The smallest absolute Gasteiger partial charge is 0.253 e. The summed E-state index contributed by atoms with van der Waals surface area (Å²) in [5.74, 6) is -0.0156. The molecule has 0 bridgehead atoms. The highest BCUT2D eigenvalue weighted by molar-refractivity contribution is 5.97. The minimum Gasteiger partial charge on any atom is -0.339 e. The second-order valence-corrected chi connectivity index (χ2v) is 6.72. The molecule has 25 heavy (non-hydrogen) atoms. The summed E-state index contributed by atoms with van der Waals surface area (Å²) in [7, 11) is 0. The van der Waals surface area contributed by atoms with Crippen LogP contribution < -0.4 is 10.6 Å². The summed E-state index contributed by atoms with van der Waals surface area (Å²) in [4.78, 5) is 26.3. The Morgan fingerprint density at radius 2 is 1.84 bits per heavy atom. The SMILES string of the molecule is CCCCCCCNCC(=O)Nc1cccc(C(=O)N2CCCC2)c1. The monoisotopic (exact) mass is 345 g/mol. The van der Waals surface area contributed by atoms with E-state index in [0.29, 0.717) is 17.8 Å². The first-order valence-corrected chi connectivity index (χ1v) is 9.60. The largest absolute Gasteiger partial charge is 0.339 e. The fourth-order valence-electron chi connectivity index (χ4n) is 3.09. The summed E-state index contributed by atoms with van der Waals surface area (Å²) in [6, 6.07) is 7.22. The highest BCUT2D eigenvalue weighted by Crippen LogP contribution is 2.16. The molecule has 0 saturated carbocycles. The standard InChI is InChI=1S/C20H31N3O2/c1-2-3-4-5-6-12-21-16-19(24)22-18-11-9-10-17(15-18)20(25)23-13-7-8-14-23/h9-11,15,21H,2-8,12-14,16H2,1H3,(H,22,24). The minimum atomic E-state index is -0.0701. The highest BCUT2D eigenvalue weighted by atomic mass is 16.2. The van der Waals surface area contributed by atoms with Gasteiger partial charge in [-0.3, -0.25) is 9.59 Å². The topological polar surface area (TPSA) is 61.4 Å². The van der Waals surface area contributed by atoms with E-state index < -0.39 is 0 Å². The molecule has 1 aromatic rings. The maximum absolute atomic E-state index is 12.4. The lowest BCUT2D eigenvalue weighted by Gasteiger charge is -2.15. The zero-order chi connectivity index (χ0) is 17.9. The van der Waals surface area contributed by atoms with E-state index in [1.807, 2.05) is 23.1 Å². The van der Waals surface area contributed by atoms with Gasteiger partial charge in [-0.25, -0.2) is 0 Å². The van der Waals surface area contributed by atoms with Crippen LogP contribution in [-0.2, 0) is 4.79 Å². The molecule has 0 radical (unpaired) electrons. The van der Waals surface area contributed by atoms with E-state index in [1.165, 1.54) is 25.7 Å². The number of anilines is 1. The van der Waals surface area contributed by atoms with Crippen molar-refractivity contribution in [1.82, 2.24) is 10.2 Å². The summed E-state index contributed by atoms with van der Waals surface area (Å²) in [5.41, 5.74) is 1.32. The van der Waals surface area contributed by atoms with Crippen molar-refractivity contribution >= 4 is 17.5 Å². The minimum absolute atomic E-state index is 0.0544. The Balaban J connectivity index is 1.71. The number of carbonyl (C=O) groups is 2. The number of likely N-dealkylation sites (tertiary alicyclic amines) is 1. The molecule has 2 N–H and O–H groups in total. The molecule has 2 amide bonds. The number of unbranched alkanes of at least 4 members (excludes halogenated alkanes) is 4. The summed E-state index contributed by atoms with van der Waals surface area (Å²) in [6.45, 7) is 5.04. The molecule has 5 nitrogen and oxygen atoms in total. The van der Waals surface area contributed by atoms with Crippen molar-refractivity contribution < 1.29 is 9.59 Å². The van der Waals surface area contributed by atoms with Crippen molar-refractivity contribution in [3.8, 4) is 0 Å². The first-order chi connectivity index (χ1) is 12.2. The van der Waals surface area contributed by atoms with E-state index >= 15 is 0 Å².